The molecule has 2 aromatic rings. The van der Waals surface area contributed by atoms with E-state index in [0.29, 0.717) is 5.02 Å². The average Bonchev–Trinajstić information content (AvgIpc) is 2.76. The molecule has 0 radical (unpaired) electrons. The van der Waals surface area contributed by atoms with E-state index in [9.17, 15) is 4.79 Å². The van der Waals surface area contributed by atoms with Crippen molar-refractivity contribution in [2.24, 2.45) is 0 Å². The monoisotopic (exact) mass is 306 g/mol. The maximum absolute atomic E-state index is 12.8. The summed E-state index contributed by atoms with van der Waals surface area (Å²) in [5.41, 5.74) is 2.88. The normalized spacial score (nSPS) is 11.1. The molecule has 0 unspecified atom stereocenters. The molecule has 0 saturated carbocycles. The van der Waals surface area contributed by atoms with Gasteiger partial charge in [0, 0.05) is 36.1 Å². The smallest absolute Gasteiger partial charge is 0.270 e. The number of halogens is 1. The summed E-state index contributed by atoms with van der Waals surface area (Å²) >= 11 is 6.10. The van der Waals surface area contributed by atoms with Crippen LogP contribution >= 0.6 is 11.6 Å². The molecule has 1 amide bonds. The van der Waals surface area contributed by atoms with Gasteiger partial charge in [0.1, 0.15) is 5.69 Å². The van der Waals surface area contributed by atoms with E-state index in [1.165, 1.54) is 0 Å². The van der Waals surface area contributed by atoms with Crippen molar-refractivity contribution < 1.29 is 4.79 Å². The lowest BCUT2D eigenvalue weighted by atomic mass is 10.1. The van der Waals surface area contributed by atoms with Gasteiger partial charge in [-0.25, -0.2) is 0 Å². The summed E-state index contributed by atoms with van der Waals surface area (Å²) in [6.45, 7) is 7.77. The standard InChI is InChI=1S/C17H23ClN2O/c1-5-7-10-19(4)17(21)16-12(3)14-11-13(18)8-9-15(14)20(16)6-2/h8-9,11H,5-7,10H2,1-4H3. The van der Waals surface area contributed by atoms with E-state index in [2.05, 4.69) is 18.4 Å². The number of benzene rings is 1. The molecule has 0 spiro atoms. The minimum Gasteiger partial charge on any atom is -0.340 e. The Hall–Kier alpha value is -1.48. The Morgan fingerprint density at radius 3 is 2.67 bits per heavy atom. The highest BCUT2D eigenvalue weighted by Gasteiger charge is 2.22. The highest BCUT2D eigenvalue weighted by Crippen LogP contribution is 2.29. The Morgan fingerprint density at radius 2 is 2.05 bits per heavy atom. The Kier molecular flexibility index (Phi) is 4.94. The van der Waals surface area contributed by atoms with Gasteiger partial charge >= 0.3 is 0 Å². The number of hydrogen-bond donors (Lipinski definition) is 0. The number of rotatable bonds is 5. The number of amides is 1. The molecule has 0 fully saturated rings. The summed E-state index contributed by atoms with van der Waals surface area (Å²) in [6.07, 6.45) is 2.11. The van der Waals surface area contributed by atoms with Crippen LogP contribution in [0.2, 0.25) is 5.02 Å². The molecule has 0 saturated heterocycles. The van der Waals surface area contributed by atoms with Crippen LogP contribution in [0.3, 0.4) is 0 Å². The maximum atomic E-state index is 12.8. The Morgan fingerprint density at radius 1 is 1.33 bits per heavy atom. The second kappa shape index (κ2) is 6.52. The van der Waals surface area contributed by atoms with Gasteiger partial charge in [0.05, 0.1) is 0 Å². The van der Waals surface area contributed by atoms with Gasteiger partial charge in [-0.1, -0.05) is 24.9 Å². The van der Waals surface area contributed by atoms with E-state index in [1.807, 2.05) is 37.1 Å². The van der Waals surface area contributed by atoms with Crippen LogP contribution in [0.1, 0.15) is 42.7 Å². The van der Waals surface area contributed by atoms with Gasteiger partial charge in [-0.3, -0.25) is 4.79 Å². The van der Waals surface area contributed by atoms with Crippen molar-refractivity contribution in [2.45, 2.75) is 40.2 Å². The van der Waals surface area contributed by atoms with Gasteiger partial charge in [-0.2, -0.15) is 0 Å². The largest absolute Gasteiger partial charge is 0.340 e. The molecule has 0 aliphatic rings. The van der Waals surface area contributed by atoms with Crippen molar-refractivity contribution >= 4 is 28.4 Å². The van der Waals surface area contributed by atoms with E-state index in [1.54, 1.807) is 0 Å². The predicted molar refractivity (Wildman–Crippen MR) is 89.2 cm³/mol. The van der Waals surface area contributed by atoms with E-state index < -0.39 is 0 Å². The van der Waals surface area contributed by atoms with Gasteiger partial charge in [0.2, 0.25) is 0 Å². The topological polar surface area (TPSA) is 25.2 Å². The van der Waals surface area contributed by atoms with Crippen LogP contribution in [-0.4, -0.2) is 29.0 Å². The SMILES string of the molecule is CCCCN(C)C(=O)c1c(C)c2cc(Cl)ccc2n1CC. The Balaban J connectivity index is 2.52. The van der Waals surface area contributed by atoms with E-state index in [4.69, 9.17) is 11.6 Å². The van der Waals surface area contributed by atoms with Crippen molar-refractivity contribution in [3.05, 3.63) is 34.5 Å². The van der Waals surface area contributed by atoms with Crippen LogP contribution < -0.4 is 0 Å². The summed E-state index contributed by atoms with van der Waals surface area (Å²) in [7, 11) is 1.88. The molecule has 0 aliphatic carbocycles. The predicted octanol–water partition coefficient (Wildman–Crippen LogP) is 4.50. The molecular formula is C17H23ClN2O. The van der Waals surface area contributed by atoms with Crippen LogP contribution in [0.15, 0.2) is 18.2 Å². The number of aryl methyl sites for hydroxylation is 2. The first kappa shape index (κ1) is 15.9. The fourth-order valence-electron chi connectivity index (χ4n) is 2.78. The van der Waals surface area contributed by atoms with Gasteiger partial charge in [-0.05, 0) is 44.0 Å². The summed E-state index contributed by atoms with van der Waals surface area (Å²) in [6, 6.07) is 5.82. The molecule has 0 N–H and O–H groups in total. The van der Waals surface area contributed by atoms with Crippen LogP contribution in [0.4, 0.5) is 0 Å². The quantitative estimate of drug-likeness (QED) is 0.798. The lowest BCUT2D eigenvalue weighted by Gasteiger charge is -2.18. The number of unbranched alkanes of at least 4 members (excludes halogenated alkanes) is 1. The minimum atomic E-state index is 0.0927. The van der Waals surface area contributed by atoms with E-state index in [-0.39, 0.29) is 5.91 Å². The fraction of sp³-hybridized carbons (Fsp3) is 0.471. The zero-order valence-corrected chi connectivity index (χ0v) is 14.0. The molecule has 0 aliphatic heterocycles. The molecule has 0 bridgehead atoms. The maximum Gasteiger partial charge on any atom is 0.270 e. The van der Waals surface area contributed by atoms with Gasteiger partial charge in [0.25, 0.3) is 5.91 Å². The third kappa shape index (κ3) is 2.93. The van der Waals surface area contributed by atoms with Gasteiger partial charge in [0.15, 0.2) is 0 Å². The molecule has 114 valence electrons. The highest BCUT2D eigenvalue weighted by molar-refractivity contribution is 6.31. The van der Waals surface area contributed by atoms with Crippen molar-refractivity contribution in [1.82, 2.24) is 9.47 Å². The molecule has 21 heavy (non-hydrogen) atoms. The van der Waals surface area contributed by atoms with Crippen LogP contribution in [0.5, 0.6) is 0 Å². The van der Waals surface area contributed by atoms with Crippen LogP contribution in [-0.2, 0) is 6.54 Å². The number of nitrogens with zero attached hydrogens (tertiary/aromatic N) is 2. The number of carbonyl (C=O) groups is 1. The highest BCUT2D eigenvalue weighted by atomic mass is 35.5. The molecule has 3 nitrogen and oxygen atoms in total. The molecular weight excluding hydrogens is 284 g/mol. The van der Waals surface area contributed by atoms with E-state index in [0.717, 1.165) is 48.1 Å². The fourth-order valence-corrected chi connectivity index (χ4v) is 2.95. The van der Waals surface area contributed by atoms with Gasteiger partial charge in [-0.15, -0.1) is 0 Å². The Labute approximate surface area is 131 Å². The lowest BCUT2D eigenvalue weighted by molar-refractivity contribution is 0.0782. The summed E-state index contributed by atoms with van der Waals surface area (Å²) in [4.78, 5) is 14.6. The van der Waals surface area contributed by atoms with Crippen molar-refractivity contribution in [1.29, 1.82) is 0 Å². The zero-order valence-electron chi connectivity index (χ0n) is 13.2. The molecule has 1 heterocycles. The second-order valence-electron chi connectivity index (χ2n) is 5.46. The second-order valence-corrected chi connectivity index (χ2v) is 5.90. The van der Waals surface area contributed by atoms with Crippen LogP contribution in [0.25, 0.3) is 10.9 Å². The molecule has 4 heteroatoms. The van der Waals surface area contributed by atoms with Crippen molar-refractivity contribution in [2.75, 3.05) is 13.6 Å². The molecule has 1 aromatic carbocycles. The summed E-state index contributed by atoms with van der Waals surface area (Å²) in [5, 5.41) is 1.77. The van der Waals surface area contributed by atoms with Gasteiger partial charge < -0.3 is 9.47 Å². The summed E-state index contributed by atoms with van der Waals surface area (Å²) in [5.74, 6) is 0.0927. The van der Waals surface area contributed by atoms with E-state index >= 15 is 0 Å². The average molecular weight is 307 g/mol. The van der Waals surface area contributed by atoms with Crippen molar-refractivity contribution in [3.8, 4) is 0 Å². The first-order chi connectivity index (χ1) is 10.0. The molecule has 2 rings (SSSR count). The minimum absolute atomic E-state index is 0.0927. The third-order valence-electron chi connectivity index (χ3n) is 3.99. The van der Waals surface area contributed by atoms with Crippen molar-refractivity contribution in [3.63, 3.8) is 0 Å². The number of aromatic nitrogens is 1. The number of carbonyl (C=O) groups excluding carboxylic acids is 1. The first-order valence-electron chi connectivity index (χ1n) is 7.55. The number of fused-ring (bicyclic) bond motifs is 1. The third-order valence-corrected chi connectivity index (χ3v) is 4.23. The molecule has 0 atom stereocenters. The molecule has 1 aromatic heterocycles. The lowest BCUT2D eigenvalue weighted by Crippen LogP contribution is -2.30. The Bertz CT molecular complexity index is 660. The first-order valence-corrected chi connectivity index (χ1v) is 7.92. The summed E-state index contributed by atoms with van der Waals surface area (Å²) < 4.78 is 2.09. The number of hydrogen-bond acceptors (Lipinski definition) is 1. The zero-order chi connectivity index (χ0) is 15.6. The van der Waals surface area contributed by atoms with Crippen LogP contribution in [0, 0.1) is 6.92 Å².